The van der Waals surface area contributed by atoms with Gasteiger partial charge in [0.05, 0.1) is 20.3 Å². The van der Waals surface area contributed by atoms with Crippen LogP contribution in [-0.2, 0) is 25.5 Å². The Kier molecular flexibility index (Phi) is 10.5. The molecule has 2 atom stereocenters. The zero-order chi connectivity index (χ0) is 27.5. The smallest absolute Gasteiger partial charge is 0.328 e. The van der Waals surface area contributed by atoms with Crippen LogP contribution in [0.15, 0.2) is 24.3 Å². The van der Waals surface area contributed by atoms with Gasteiger partial charge in [0, 0.05) is 24.6 Å². The lowest BCUT2D eigenvalue weighted by Gasteiger charge is -2.19. The Morgan fingerprint density at radius 1 is 1.13 bits per heavy atom. The number of benzene rings is 1. The second-order valence-corrected chi connectivity index (χ2v) is 8.73. The van der Waals surface area contributed by atoms with Crippen molar-refractivity contribution in [3.63, 3.8) is 0 Å². The summed E-state index contributed by atoms with van der Waals surface area (Å²) in [5, 5.41) is 9.41. The van der Waals surface area contributed by atoms with Gasteiger partial charge in [-0.1, -0.05) is 12.1 Å². The number of esters is 2. The van der Waals surface area contributed by atoms with Gasteiger partial charge in [-0.25, -0.2) is 4.79 Å². The molecule has 2 heterocycles. The van der Waals surface area contributed by atoms with E-state index in [4.69, 9.17) is 19.9 Å². The van der Waals surface area contributed by atoms with Crippen molar-refractivity contribution in [1.29, 1.82) is 0 Å². The highest BCUT2D eigenvalue weighted by atomic mass is 16.5. The molecular formula is C26H36N6O6. The van der Waals surface area contributed by atoms with E-state index in [1.165, 1.54) is 7.11 Å². The van der Waals surface area contributed by atoms with Crippen molar-refractivity contribution in [1.82, 2.24) is 15.3 Å². The predicted molar refractivity (Wildman–Crippen MR) is 142 cm³/mol. The highest BCUT2D eigenvalue weighted by Crippen LogP contribution is 2.33. The number of carbonyl (C=O) groups is 3. The van der Waals surface area contributed by atoms with Crippen molar-refractivity contribution in [3.8, 4) is 5.88 Å². The number of hydrogen-bond acceptors (Lipinski definition) is 11. The molecule has 0 fully saturated rings. The summed E-state index contributed by atoms with van der Waals surface area (Å²) in [5.74, 6) is -0.277. The Balaban J connectivity index is 1.58. The first-order valence-corrected chi connectivity index (χ1v) is 12.8. The molecule has 12 nitrogen and oxygen atoms in total. The van der Waals surface area contributed by atoms with Gasteiger partial charge in [0.2, 0.25) is 11.8 Å². The van der Waals surface area contributed by atoms with E-state index in [-0.39, 0.29) is 38.0 Å². The lowest BCUT2D eigenvalue weighted by Crippen LogP contribution is -2.42. The number of carbonyl (C=O) groups excluding carboxylic acids is 3. The number of nitrogens with two attached hydrogens (primary N) is 1. The number of ether oxygens (including phenoxy) is 3. The number of nitrogens with one attached hydrogen (secondary N) is 3. The van der Waals surface area contributed by atoms with Crippen LogP contribution in [0.3, 0.4) is 0 Å². The fraction of sp³-hybridized carbons (Fsp3) is 0.500. The maximum atomic E-state index is 12.8. The van der Waals surface area contributed by atoms with Crippen molar-refractivity contribution in [2.24, 2.45) is 0 Å². The topological polar surface area (TPSA) is 167 Å². The number of hydrogen-bond donors (Lipinski definition) is 4. The first kappa shape index (κ1) is 28.5. The number of aromatic nitrogens is 2. The molecule has 1 aliphatic rings. The largest absolute Gasteiger partial charge is 0.479 e. The van der Waals surface area contributed by atoms with Crippen molar-refractivity contribution >= 4 is 35.3 Å². The van der Waals surface area contributed by atoms with E-state index in [0.29, 0.717) is 22.9 Å². The summed E-state index contributed by atoms with van der Waals surface area (Å²) >= 11 is 0. The molecular weight excluding hydrogens is 492 g/mol. The highest BCUT2D eigenvalue weighted by Gasteiger charge is 2.24. The van der Waals surface area contributed by atoms with Gasteiger partial charge in [0.25, 0.3) is 5.91 Å². The quantitative estimate of drug-likeness (QED) is 0.298. The van der Waals surface area contributed by atoms with Gasteiger partial charge in [-0.05, 0) is 57.2 Å². The van der Waals surface area contributed by atoms with Crippen LogP contribution in [0.4, 0.5) is 17.5 Å². The minimum absolute atomic E-state index is 0.00286. The molecule has 38 heavy (non-hydrogen) atoms. The third-order valence-corrected chi connectivity index (χ3v) is 6.04. The molecule has 3 rings (SSSR count). The van der Waals surface area contributed by atoms with Gasteiger partial charge in [0.1, 0.15) is 11.7 Å². The molecule has 5 N–H and O–H groups in total. The summed E-state index contributed by atoms with van der Waals surface area (Å²) in [4.78, 5) is 45.2. The number of amides is 1. The molecule has 0 aliphatic carbocycles. The molecule has 1 aliphatic heterocycles. The lowest BCUT2D eigenvalue weighted by molar-refractivity contribution is -0.146. The van der Waals surface area contributed by atoms with Crippen LogP contribution in [0, 0.1) is 0 Å². The van der Waals surface area contributed by atoms with Crippen molar-refractivity contribution in [2.45, 2.75) is 58.0 Å². The Morgan fingerprint density at radius 2 is 1.87 bits per heavy atom. The number of methoxy groups -OCH3 is 1. The first-order valence-electron chi connectivity index (χ1n) is 12.8. The normalized spacial score (nSPS) is 15.1. The summed E-state index contributed by atoms with van der Waals surface area (Å²) in [6.07, 6.45) is 2.56. The maximum absolute atomic E-state index is 12.8. The molecule has 0 saturated carbocycles. The molecule has 2 aromatic rings. The number of aryl methyl sites for hydroxylation is 1. The number of nitrogens with zero attached hydrogens (tertiary/aromatic N) is 2. The molecule has 206 valence electrons. The molecule has 1 aromatic heterocycles. The molecule has 1 amide bonds. The summed E-state index contributed by atoms with van der Waals surface area (Å²) in [6.45, 7) is 4.53. The molecule has 12 heteroatoms. The summed E-state index contributed by atoms with van der Waals surface area (Å²) < 4.78 is 15.3. The average Bonchev–Trinajstić information content (AvgIpc) is 3.11. The third-order valence-electron chi connectivity index (χ3n) is 6.04. The zero-order valence-electron chi connectivity index (χ0n) is 22.0. The Bertz CT molecular complexity index is 1110. The second-order valence-electron chi connectivity index (χ2n) is 8.73. The van der Waals surface area contributed by atoms with Crippen LogP contribution >= 0.6 is 0 Å². The van der Waals surface area contributed by atoms with Crippen LogP contribution < -0.4 is 26.4 Å². The van der Waals surface area contributed by atoms with E-state index < -0.39 is 23.9 Å². The summed E-state index contributed by atoms with van der Waals surface area (Å²) in [5.41, 5.74) is 7.92. The van der Waals surface area contributed by atoms with E-state index in [9.17, 15) is 14.4 Å². The fourth-order valence-corrected chi connectivity index (χ4v) is 4.11. The van der Waals surface area contributed by atoms with Gasteiger partial charge in [-0.3, -0.25) is 9.59 Å². The Labute approximate surface area is 222 Å². The van der Waals surface area contributed by atoms with E-state index in [0.717, 1.165) is 31.4 Å². The van der Waals surface area contributed by atoms with Crippen LogP contribution in [0.25, 0.3) is 0 Å². The molecule has 1 aromatic carbocycles. The van der Waals surface area contributed by atoms with Crippen molar-refractivity contribution < 1.29 is 28.6 Å². The van der Waals surface area contributed by atoms with Crippen LogP contribution in [-0.4, -0.2) is 66.8 Å². The average molecular weight is 529 g/mol. The SMILES string of the molecule is CCOC(=O)CC[C@H](NC(=O)c1ccc(CCC2CCNc3nc(N)nc(OC)c3N2)cc1)C(=O)OCC. The zero-order valence-corrected chi connectivity index (χ0v) is 22.0. The molecule has 0 saturated heterocycles. The molecule has 1 unspecified atom stereocenters. The standard InChI is InChI=1S/C26H36N6O6/c1-4-37-20(33)13-12-19(25(35)38-5-2)30-23(34)17-9-6-16(7-10-17)8-11-18-14-15-28-22-21(29-18)24(36-3)32-26(27)31-22/h6-7,9-10,18-19,29H,4-5,8,11-15H2,1-3H3,(H,30,34)(H3,27,28,31,32)/t18?,19-/m0/s1. The molecule has 0 bridgehead atoms. The van der Waals surface area contributed by atoms with Gasteiger partial charge in [-0.15, -0.1) is 0 Å². The van der Waals surface area contributed by atoms with E-state index in [1.807, 2.05) is 12.1 Å². The summed E-state index contributed by atoms with van der Waals surface area (Å²) in [7, 11) is 1.54. The first-order chi connectivity index (χ1) is 18.3. The number of fused-ring (bicyclic) bond motifs is 1. The minimum atomic E-state index is -0.944. The summed E-state index contributed by atoms with van der Waals surface area (Å²) in [6, 6.07) is 6.42. The Morgan fingerprint density at radius 3 is 2.55 bits per heavy atom. The van der Waals surface area contributed by atoms with Crippen LogP contribution in [0.2, 0.25) is 0 Å². The van der Waals surface area contributed by atoms with Crippen LogP contribution in [0.5, 0.6) is 5.88 Å². The van der Waals surface area contributed by atoms with E-state index in [1.54, 1.807) is 26.0 Å². The minimum Gasteiger partial charge on any atom is -0.479 e. The van der Waals surface area contributed by atoms with Crippen molar-refractivity contribution in [2.75, 3.05) is 43.2 Å². The predicted octanol–water partition coefficient (Wildman–Crippen LogP) is 2.30. The molecule has 0 radical (unpaired) electrons. The number of anilines is 3. The molecule has 0 spiro atoms. The van der Waals surface area contributed by atoms with E-state index >= 15 is 0 Å². The van der Waals surface area contributed by atoms with Gasteiger partial charge in [0.15, 0.2) is 5.82 Å². The van der Waals surface area contributed by atoms with Gasteiger partial charge in [-0.2, -0.15) is 9.97 Å². The lowest BCUT2D eigenvalue weighted by atomic mass is 10.0. The number of nitrogen functional groups attached to an aromatic ring is 1. The third kappa shape index (κ3) is 7.95. The monoisotopic (exact) mass is 528 g/mol. The van der Waals surface area contributed by atoms with E-state index in [2.05, 4.69) is 25.9 Å². The van der Waals surface area contributed by atoms with Gasteiger partial charge >= 0.3 is 11.9 Å². The van der Waals surface area contributed by atoms with Crippen LogP contribution in [0.1, 0.15) is 55.5 Å². The number of rotatable bonds is 12. The highest BCUT2D eigenvalue weighted by molar-refractivity contribution is 5.96. The second kappa shape index (κ2) is 14.0. The van der Waals surface area contributed by atoms with Crippen molar-refractivity contribution in [3.05, 3.63) is 35.4 Å². The van der Waals surface area contributed by atoms with Gasteiger partial charge < -0.3 is 35.9 Å². The fourth-order valence-electron chi connectivity index (χ4n) is 4.11. The maximum Gasteiger partial charge on any atom is 0.328 e. The Hall–Kier alpha value is -4.09.